The van der Waals surface area contributed by atoms with E-state index in [2.05, 4.69) is 0 Å². The van der Waals surface area contributed by atoms with Crippen LogP contribution >= 0.6 is 0 Å². The van der Waals surface area contributed by atoms with Gasteiger partial charge in [-0.3, -0.25) is 14.9 Å². The Labute approximate surface area is 156 Å². The number of rotatable bonds is 3. The van der Waals surface area contributed by atoms with Crippen molar-refractivity contribution in [2.75, 3.05) is 11.4 Å². The normalized spacial score (nSPS) is 21.5. The number of primary amides is 1. The van der Waals surface area contributed by atoms with E-state index in [9.17, 15) is 14.9 Å². The third-order valence-corrected chi connectivity index (χ3v) is 5.44. The van der Waals surface area contributed by atoms with Crippen molar-refractivity contribution in [1.29, 1.82) is 0 Å². The minimum atomic E-state index is -0.963. The van der Waals surface area contributed by atoms with E-state index in [1.807, 2.05) is 55.2 Å². The van der Waals surface area contributed by atoms with Crippen LogP contribution in [0.15, 0.2) is 48.5 Å². The third-order valence-electron chi connectivity index (χ3n) is 5.44. The van der Waals surface area contributed by atoms with Crippen LogP contribution in [0, 0.1) is 10.1 Å². The minimum Gasteiger partial charge on any atom is -0.463 e. The number of carbonyl (C=O) groups is 1. The summed E-state index contributed by atoms with van der Waals surface area (Å²) in [6, 6.07) is 12.3. The van der Waals surface area contributed by atoms with Crippen LogP contribution in [0.5, 0.6) is 5.75 Å². The maximum atomic E-state index is 11.8. The minimum absolute atomic E-state index is 0.000843. The number of nitrogens with zero attached hydrogens (tertiary/aromatic N) is 2. The summed E-state index contributed by atoms with van der Waals surface area (Å²) in [6.45, 7) is 4.09. The van der Waals surface area contributed by atoms with Gasteiger partial charge in [0.1, 0.15) is 12.3 Å². The van der Waals surface area contributed by atoms with Crippen LogP contribution in [0.25, 0.3) is 6.08 Å². The van der Waals surface area contributed by atoms with E-state index >= 15 is 0 Å². The van der Waals surface area contributed by atoms with Crippen molar-refractivity contribution in [3.05, 3.63) is 69.8 Å². The predicted molar refractivity (Wildman–Crippen MR) is 101 cm³/mol. The van der Waals surface area contributed by atoms with Gasteiger partial charge in [0.25, 0.3) is 5.69 Å². The Morgan fingerprint density at radius 2 is 2.00 bits per heavy atom. The Hall–Kier alpha value is -3.35. The molecule has 0 aromatic heterocycles. The molecule has 1 spiro atoms. The van der Waals surface area contributed by atoms with Crippen molar-refractivity contribution < 1.29 is 14.5 Å². The summed E-state index contributed by atoms with van der Waals surface area (Å²) < 4.78 is 6.44. The Morgan fingerprint density at radius 1 is 1.26 bits per heavy atom. The molecule has 7 nitrogen and oxygen atoms in total. The van der Waals surface area contributed by atoms with Gasteiger partial charge in [0.2, 0.25) is 11.6 Å². The first-order valence-electron chi connectivity index (χ1n) is 8.58. The summed E-state index contributed by atoms with van der Waals surface area (Å²) in [6.07, 6.45) is 3.68. The zero-order valence-corrected chi connectivity index (χ0v) is 15.0. The molecule has 2 aromatic rings. The fourth-order valence-electron chi connectivity index (χ4n) is 4.06. The van der Waals surface area contributed by atoms with Gasteiger partial charge in [-0.25, -0.2) is 0 Å². The van der Waals surface area contributed by atoms with Gasteiger partial charge in [-0.1, -0.05) is 18.2 Å². The average molecular weight is 365 g/mol. The van der Waals surface area contributed by atoms with Crippen molar-refractivity contribution >= 4 is 23.4 Å². The Balaban J connectivity index is 1.87. The highest BCUT2D eigenvalue weighted by Crippen LogP contribution is 2.54. The number of carbonyl (C=O) groups excluding carboxylic acids is 1. The number of para-hydroxylation sites is 1. The van der Waals surface area contributed by atoms with E-state index in [1.54, 1.807) is 6.07 Å². The van der Waals surface area contributed by atoms with E-state index in [-0.39, 0.29) is 12.2 Å². The zero-order valence-electron chi connectivity index (χ0n) is 15.0. The van der Waals surface area contributed by atoms with Crippen molar-refractivity contribution in [2.24, 2.45) is 5.73 Å². The predicted octanol–water partition coefficient (Wildman–Crippen LogP) is 2.98. The largest absolute Gasteiger partial charge is 0.463 e. The van der Waals surface area contributed by atoms with Gasteiger partial charge in [-0.05, 0) is 43.7 Å². The number of hydrogen-bond donors (Lipinski definition) is 1. The molecule has 0 aliphatic carbocycles. The lowest BCUT2D eigenvalue weighted by Crippen LogP contribution is -2.61. The molecule has 0 saturated heterocycles. The number of nitrogens with two attached hydrogens (primary N) is 1. The molecule has 138 valence electrons. The first-order valence-corrected chi connectivity index (χ1v) is 8.58. The van der Waals surface area contributed by atoms with Gasteiger partial charge in [0.05, 0.1) is 10.3 Å². The number of anilines is 1. The number of nitro benzene ring substituents is 1. The second kappa shape index (κ2) is 5.57. The molecule has 2 aliphatic heterocycles. The molecular formula is C20H19N3O4. The van der Waals surface area contributed by atoms with E-state index in [0.717, 1.165) is 11.3 Å². The van der Waals surface area contributed by atoms with Crippen molar-refractivity contribution in [3.8, 4) is 5.75 Å². The van der Waals surface area contributed by atoms with Gasteiger partial charge in [-0.2, -0.15) is 0 Å². The molecular weight excluding hydrogens is 346 g/mol. The standard InChI is InChI=1S/C20H19N3O4/c1-19(2)15-5-3-4-6-16(15)22(12-18(21)24)20(19)10-9-13-11-14(23(25)26)7-8-17(13)27-20/h3-11H,12H2,1-2H3,(H2,21,24)/t20-/m1/s1. The topological polar surface area (TPSA) is 98.7 Å². The Kier molecular flexibility index (Phi) is 3.53. The van der Waals surface area contributed by atoms with Gasteiger partial charge in [-0.15, -0.1) is 0 Å². The van der Waals surface area contributed by atoms with Crippen LogP contribution in [0.2, 0.25) is 0 Å². The number of benzene rings is 2. The highest BCUT2D eigenvalue weighted by molar-refractivity contribution is 5.83. The first-order chi connectivity index (χ1) is 12.8. The Bertz CT molecular complexity index is 998. The molecule has 1 atom stereocenters. The summed E-state index contributed by atoms with van der Waals surface area (Å²) in [5.74, 6) is 0.0619. The number of nitro groups is 1. The van der Waals surface area contributed by atoms with Crippen molar-refractivity contribution in [1.82, 2.24) is 0 Å². The number of fused-ring (bicyclic) bond motifs is 2. The van der Waals surface area contributed by atoms with Crippen LogP contribution < -0.4 is 15.4 Å². The van der Waals surface area contributed by atoms with E-state index in [1.165, 1.54) is 12.1 Å². The summed E-state index contributed by atoms with van der Waals surface area (Å²) in [7, 11) is 0. The highest BCUT2D eigenvalue weighted by Gasteiger charge is 2.59. The maximum Gasteiger partial charge on any atom is 0.270 e. The summed E-state index contributed by atoms with van der Waals surface area (Å²) in [4.78, 5) is 24.3. The number of non-ortho nitro benzene ring substituents is 1. The van der Waals surface area contributed by atoms with Gasteiger partial charge < -0.3 is 15.4 Å². The molecule has 2 heterocycles. The van der Waals surface area contributed by atoms with E-state index < -0.39 is 22.0 Å². The average Bonchev–Trinajstić information content (AvgIpc) is 2.80. The number of amides is 1. The molecule has 1 amide bonds. The van der Waals surface area contributed by atoms with E-state index in [4.69, 9.17) is 10.5 Å². The third kappa shape index (κ3) is 2.31. The molecule has 0 radical (unpaired) electrons. The molecule has 2 N–H and O–H groups in total. The molecule has 0 bridgehead atoms. The lowest BCUT2D eigenvalue weighted by atomic mass is 9.76. The molecule has 7 heteroatoms. The van der Waals surface area contributed by atoms with Crippen LogP contribution in [0.3, 0.4) is 0 Å². The Morgan fingerprint density at radius 3 is 2.70 bits per heavy atom. The molecule has 2 aliphatic rings. The van der Waals surface area contributed by atoms with Gasteiger partial charge in [0, 0.05) is 23.4 Å². The molecule has 0 fully saturated rings. The highest BCUT2D eigenvalue weighted by atomic mass is 16.6. The molecule has 27 heavy (non-hydrogen) atoms. The van der Waals surface area contributed by atoms with Crippen LogP contribution in [-0.2, 0) is 10.2 Å². The van der Waals surface area contributed by atoms with Gasteiger partial charge >= 0.3 is 0 Å². The smallest absolute Gasteiger partial charge is 0.270 e. The molecule has 2 aromatic carbocycles. The van der Waals surface area contributed by atoms with Crippen LogP contribution in [0.1, 0.15) is 25.0 Å². The summed E-state index contributed by atoms with van der Waals surface area (Å²) in [5.41, 5.74) is 6.62. The second-order valence-corrected chi connectivity index (χ2v) is 7.31. The lowest BCUT2D eigenvalue weighted by Gasteiger charge is -2.46. The van der Waals surface area contributed by atoms with Crippen LogP contribution in [-0.4, -0.2) is 23.1 Å². The molecule has 4 rings (SSSR count). The summed E-state index contributed by atoms with van der Waals surface area (Å²) in [5, 5.41) is 11.0. The SMILES string of the molecule is CC1(C)c2ccccc2N(CC(N)=O)[C@@]12C=Cc1cc([N+](=O)[O-])ccc1O2. The fourth-order valence-corrected chi connectivity index (χ4v) is 4.06. The maximum absolute atomic E-state index is 11.8. The van der Waals surface area contributed by atoms with Crippen molar-refractivity contribution in [3.63, 3.8) is 0 Å². The van der Waals surface area contributed by atoms with Gasteiger partial charge in [0.15, 0.2) is 0 Å². The fraction of sp³-hybridized carbons (Fsp3) is 0.250. The monoisotopic (exact) mass is 365 g/mol. The number of hydrogen-bond acceptors (Lipinski definition) is 5. The van der Waals surface area contributed by atoms with Crippen LogP contribution in [0.4, 0.5) is 11.4 Å². The second-order valence-electron chi connectivity index (χ2n) is 7.31. The van der Waals surface area contributed by atoms with E-state index in [0.29, 0.717) is 11.3 Å². The number of ether oxygens (including phenoxy) is 1. The molecule has 0 saturated carbocycles. The lowest BCUT2D eigenvalue weighted by molar-refractivity contribution is -0.384. The first kappa shape index (κ1) is 17.1. The quantitative estimate of drug-likeness (QED) is 0.666. The zero-order chi connectivity index (χ0) is 19.4. The molecule has 0 unspecified atom stereocenters. The van der Waals surface area contributed by atoms with Crippen molar-refractivity contribution in [2.45, 2.75) is 25.0 Å². The summed E-state index contributed by atoms with van der Waals surface area (Å²) >= 11 is 0.